The second-order valence-corrected chi connectivity index (χ2v) is 6.79. The standard InChI is InChI=1S/C14H13Br2NS/c1-17-9-10-5-6-12(16)8-14(10)18-13-4-2-3-11(15)7-13/h2-8,17H,9H2,1H3. The SMILES string of the molecule is CNCc1ccc(Br)cc1Sc1cccc(Br)c1. The molecule has 0 amide bonds. The second kappa shape index (κ2) is 6.75. The number of hydrogen-bond acceptors (Lipinski definition) is 2. The molecule has 1 nitrogen and oxygen atoms in total. The summed E-state index contributed by atoms with van der Waals surface area (Å²) in [7, 11) is 1.97. The fraction of sp³-hybridized carbons (Fsp3) is 0.143. The highest BCUT2D eigenvalue weighted by Gasteiger charge is 2.05. The molecule has 18 heavy (non-hydrogen) atoms. The summed E-state index contributed by atoms with van der Waals surface area (Å²) in [6.45, 7) is 0.879. The Labute approximate surface area is 129 Å². The molecular formula is C14H13Br2NS. The van der Waals surface area contributed by atoms with E-state index in [1.54, 1.807) is 11.8 Å². The van der Waals surface area contributed by atoms with Crippen molar-refractivity contribution >= 4 is 43.6 Å². The normalized spacial score (nSPS) is 10.6. The maximum atomic E-state index is 3.53. The first-order chi connectivity index (χ1) is 8.69. The average molecular weight is 387 g/mol. The van der Waals surface area contributed by atoms with Crippen LogP contribution in [0.25, 0.3) is 0 Å². The van der Waals surface area contributed by atoms with Gasteiger partial charge >= 0.3 is 0 Å². The van der Waals surface area contributed by atoms with Gasteiger partial charge in [-0.15, -0.1) is 0 Å². The fourth-order valence-corrected chi connectivity index (χ4v) is 3.72. The molecule has 2 aromatic carbocycles. The van der Waals surface area contributed by atoms with E-state index in [-0.39, 0.29) is 0 Å². The van der Waals surface area contributed by atoms with Crippen LogP contribution in [0.4, 0.5) is 0 Å². The summed E-state index contributed by atoms with van der Waals surface area (Å²) in [4.78, 5) is 2.51. The predicted molar refractivity (Wildman–Crippen MR) is 85.2 cm³/mol. The lowest BCUT2D eigenvalue weighted by atomic mass is 10.2. The van der Waals surface area contributed by atoms with Gasteiger partial charge in [-0.2, -0.15) is 0 Å². The molecule has 0 aliphatic rings. The number of hydrogen-bond donors (Lipinski definition) is 1. The van der Waals surface area contributed by atoms with E-state index in [9.17, 15) is 0 Å². The van der Waals surface area contributed by atoms with Crippen molar-refractivity contribution in [2.75, 3.05) is 7.05 Å². The maximum absolute atomic E-state index is 3.53. The third-order valence-electron chi connectivity index (χ3n) is 2.42. The molecule has 4 heteroatoms. The summed E-state index contributed by atoms with van der Waals surface area (Å²) in [5, 5.41) is 3.20. The Hall–Kier alpha value is -0.290. The third kappa shape index (κ3) is 3.85. The number of nitrogens with one attached hydrogen (secondary N) is 1. The van der Waals surface area contributed by atoms with Crippen LogP contribution in [0.2, 0.25) is 0 Å². The van der Waals surface area contributed by atoms with Crippen LogP contribution in [-0.4, -0.2) is 7.05 Å². The average Bonchev–Trinajstić information content (AvgIpc) is 2.33. The topological polar surface area (TPSA) is 12.0 Å². The predicted octanol–water partition coefficient (Wildman–Crippen LogP) is 5.08. The summed E-state index contributed by atoms with van der Waals surface area (Å²) in [5.74, 6) is 0. The van der Waals surface area contributed by atoms with Gasteiger partial charge in [-0.1, -0.05) is 55.8 Å². The Morgan fingerprint density at radius 1 is 1.06 bits per heavy atom. The van der Waals surface area contributed by atoms with Crippen molar-refractivity contribution in [3.05, 3.63) is 57.0 Å². The smallest absolute Gasteiger partial charge is 0.0213 e. The van der Waals surface area contributed by atoms with E-state index < -0.39 is 0 Å². The highest BCUT2D eigenvalue weighted by Crippen LogP contribution is 2.33. The summed E-state index contributed by atoms with van der Waals surface area (Å²) in [5.41, 5.74) is 1.31. The van der Waals surface area contributed by atoms with Crippen molar-refractivity contribution < 1.29 is 0 Å². The van der Waals surface area contributed by atoms with E-state index >= 15 is 0 Å². The van der Waals surface area contributed by atoms with Gasteiger partial charge in [0.1, 0.15) is 0 Å². The molecule has 0 bridgehead atoms. The van der Waals surface area contributed by atoms with Crippen molar-refractivity contribution in [1.29, 1.82) is 0 Å². The summed E-state index contributed by atoms with van der Waals surface area (Å²) >= 11 is 8.82. The lowest BCUT2D eigenvalue weighted by molar-refractivity contribution is 0.803. The molecule has 2 aromatic rings. The zero-order valence-corrected chi connectivity index (χ0v) is 13.9. The zero-order chi connectivity index (χ0) is 13.0. The minimum Gasteiger partial charge on any atom is -0.316 e. The van der Waals surface area contributed by atoms with Crippen LogP contribution >= 0.6 is 43.6 Å². The van der Waals surface area contributed by atoms with Gasteiger partial charge in [0, 0.05) is 25.3 Å². The van der Waals surface area contributed by atoms with Crippen LogP contribution in [-0.2, 0) is 6.54 Å². The van der Waals surface area contributed by atoms with Gasteiger partial charge in [-0.05, 0) is 42.9 Å². The third-order valence-corrected chi connectivity index (χ3v) is 4.50. The molecule has 2 rings (SSSR count). The van der Waals surface area contributed by atoms with Crippen molar-refractivity contribution in [2.24, 2.45) is 0 Å². The lowest BCUT2D eigenvalue weighted by Gasteiger charge is -2.09. The van der Waals surface area contributed by atoms with Crippen LogP contribution in [0, 0.1) is 0 Å². The lowest BCUT2D eigenvalue weighted by Crippen LogP contribution is -2.05. The quantitative estimate of drug-likeness (QED) is 0.785. The van der Waals surface area contributed by atoms with E-state index in [1.807, 2.05) is 13.1 Å². The van der Waals surface area contributed by atoms with Crippen LogP contribution in [0.5, 0.6) is 0 Å². The molecule has 0 aromatic heterocycles. The Morgan fingerprint density at radius 2 is 1.83 bits per heavy atom. The molecule has 0 spiro atoms. The second-order valence-electron chi connectivity index (χ2n) is 3.84. The molecule has 0 aliphatic heterocycles. The van der Waals surface area contributed by atoms with Crippen LogP contribution < -0.4 is 5.32 Å². The molecule has 1 N–H and O–H groups in total. The number of benzene rings is 2. The summed E-state index contributed by atoms with van der Waals surface area (Å²) in [6, 6.07) is 14.8. The van der Waals surface area contributed by atoms with Crippen molar-refractivity contribution in [3.8, 4) is 0 Å². The van der Waals surface area contributed by atoms with Gasteiger partial charge in [-0.3, -0.25) is 0 Å². The minimum atomic E-state index is 0.879. The van der Waals surface area contributed by atoms with Gasteiger partial charge in [0.25, 0.3) is 0 Å². The van der Waals surface area contributed by atoms with E-state index in [1.165, 1.54) is 15.4 Å². The first-order valence-electron chi connectivity index (χ1n) is 5.55. The fourth-order valence-electron chi connectivity index (χ4n) is 1.62. The highest BCUT2D eigenvalue weighted by atomic mass is 79.9. The van der Waals surface area contributed by atoms with E-state index in [4.69, 9.17) is 0 Å². The van der Waals surface area contributed by atoms with Crippen molar-refractivity contribution in [3.63, 3.8) is 0 Å². The molecule has 0 heterocycles. The summed E-state index contributed by atoms with van der Waals surface area (Å²) < 4.78 is 2.22. The van der Waals surface area contributed by atoms with Crippen LogP contribution in [0.3, 0.4) is 0 Å². The van der Waals surface area contributed by atoms with Crippen molar-refractivity contribution in [2.45, 2.75) is 16.3 Å². The largest absolute Gasteiger partial charge is 0.316 e. The van der Waals surface area contributed by atoms with E-state index in [2.05, 4.69) is 73.6 Å². The van der Waals surface area contributed by atoms with Gasteiger partial charge < -0.3 is 5.32 Å². The number of rotatable bonds is 4. The molecule has 0 unspecified atom stereocenters. The zero-order valence-electron chi connectivity index (χ0n) is 9.91. The Balaban J connectivity index is 2.29. The first-order valence-corrected chi connectivity index (χ1v) is 7.96. The van der Waals surface area contributed by atoms with Gasteiger partial charge in [0.15, 0.2) is 0 Å². The highest BCUT2D eigenvalue weighted by molar-refractivity contribution is 9.10. The van der Waals surface area contributed by atoms with Crippen LogP contribution in [0.1, 0.15) is 5.56 Å². The molecule has 0 fully saturated rings. The Morgan fingerprint density at radius 3 is 2.56 bits per heavy atom. The van der Waals surface area contributed by atoms with Gasteiger partial charge in [0.2, 0.25) is 0 Å². The molecule has 94 valence electrons. The Kier molecular flexibility index (Phi) is 5.30. The molecule has 0 saturated heterocycles. The molecule has 0 saturated carbocycles. The Bertz CT molecular complexity index is 543. The monoisotopic (exact) mass is 385 g/mol. The van der Waals surface area contributed by atoms with Gasteiger partial charge in [0.05, 0.1) is 0 Å². The van der Waals surface area contributed by atoms with Crippen molar-refractivity contribution in [1.82, 2.24) is 5.32 Å². The minimum absolute atomic E-state index is 0.879. The number of halogens is 2. The van der Waals surface area contributed by atoms with Crippen LogP contribution in [0.15, 0.2) is 61.2 Å². The maximum Gasteiger partial charge on any atom is 0.0213 e. The molecule has 0 aliphatic carbocycles. The summed E-state index contributed by atoms with van der Waals surface area (Å²) in [6.07, 6.45) is 0. The first kappa shape index (κ1) is 14.1. The molecule has 0 radical (unpaired) electrons. The van der Waals surface area contributed by atoms with Gasteiger partial charge in [-0.25, -0.2) is 0 Å². The molecular weight excluding hydrogens is 374 g/mol. The molecule has 0 atom stereocenters. The van der Waals surface area contributed by atoms with E-state index in [0.29, 0.717) is 0 Å². The van der Waals surface area contributed by atoms with E-state index in [0.717, 1.165) is 15.5 Å².